The normalized spacial score (nSPS) is 10.4. The van der Waals surface area contributed by atoms with Gasteiger partial charge in [0, 0.05) is 50.2 Å². The predicted octanol–water partition coefficient (Wildman–Crippen LogP) is 1.86. The minimum absolute atomic E-state index is 0.132. The molecule has 0 bridgehead atoms. The van der Waals surface area contributed by atoms with Gasteiger partial charge >= 0.3 is 0 Å². The summed E-state index contributed by atoms with van der Waals surface area (Å²) >= 11 is 0. The zero-order valence-electron chi connectivity index (χ0n) is 15.3. The second-order valence-corrected chi connectivity index (χ2v) is 6.07. The quantitative estimate of drug-likeness (QED) is 0.609. The summed E-state index contributed by atoms with van der Waals surface area (Å²) in [5.74, 6) is 0.200. The van der Waals surface area contributed by atoms with E-state index in [2.05, 4.69) is 20.3 Å². The van der Waals surface area contributed by atoms with E-state index in [1.165, 1.54) is 23.5 Å². The van der Waals surface area contributed by atoms with Gasteiger partial charge in [0.05, 0.1) is 19.0 Å². The number of carbonyl (C=O) groups is 2. The van der Waals surface area contributed by atoms with Crippen molar-refractivity contribution < 1.29 is 14.0 Å². The Morgan fingerprint density at radius 1 is 1.07 bits per heavy atom. The van der Waals surface area contributed by atoms with Crippen LogP contribution in [0.15, 0.2) is 65.8 Å². The molecule has 0 aliphatic carbocycles. The Morgan fingerprint density at radius 2 is 2.00 bits per heavy atom. The van der Waals surface area contributed by atoms with E-state index in [1.807, 2.05) is 18.2 Å². The average Bonchev–Trinajstić information content (AvgIpc) is 3.25. The maximum absolute atomic E-state index is 12.7. The molecule has 0 radical (unpaired) electrons. The molecule has 0 aromatic carbocycles. The Kier molecular flexibility index (Phi) is 6.84. The van der Waals surface area contributed by atoms with Gasteiger partial charge in [-0.3, -0.25) is 19.6 Å². The molecule has 0 unspecified atom stereocenters. The van der Waals surface area contributed by atoms with E-state index >= 15 is 0 Å². The SMILES string of the molecule is O=C(CCN(Cc1ccco1)C(=O)c1cnccn1)NCCc1ccccn1. The Bertz CT molecular complexity index is 869. The van der Waals surface area contributed by atoms with E-state index in [0.29, 0.717) is 18.7 Å². The van der Waals surface area contributed by atoms with Crippen LogP contribution in [0.25, 0.3) is 0 Å². The van der Waals surface area contributed by atoms with Crippen molar-refractivity contribution in [2.75, 3.05) is 13.1 Å². The number of aromatic nitrogens is 3. The molecule has 0 saturated heterocycles. The maximum atomic E-state index is 12.7. The number of hydrogen-bond acceptors (Lipinski definition) is 6. The lowest BCUT2D eigenvalue weighted by Crippen LogP contribution is -2.35. The summed E-state index contributed by atoms with van der Waals surface area (Å²) < 4.78 is 5.33. The molecule has 0 spiro atoms. The van der Waals surface area contributed by atoms with Crippen LogP contribution in [0.3, 0.4) is 0 Å². The smallest absolute Gasteiger partial charge is 0.274 e. The van der Waals surface area contributed by atoms with Crippen LogP contribution in [-0.4, -0.2) is 44.8 Å². The summed E-state index contributed by atoms with van der Waals surface area (Å²) in [5.41, 5.74) is 1.14. The van der Waals surface area contributed by atoms with Gasteiger partial charge in [0.2, 0.25) is 5.91 Å². The second-order valence-electron chi connectivity index (χ2n) is 6.07. The van der Waals surface area contributed by atoms with Crippen molar-refractivity contribution in [1.29, 1.82) is 0 Å². The Balaban J connectivity index is 1.53. The van der Waals surface area contributed by atoms with Crippen molar-refractivity contribution >= 4 is 11.8 Å². The highest BCUT2D eigenvalue weighted by atomic mass is 16.3. The molecule has 0 atom stereocenters. The standard InChI is InChI=1S/C20H21N5O3/c26-19(24-9-6-16-4-1-2-8-22-16)7-12-25(15-17-5-3-13-28-17)20(27)18-14-21-10-11-23-18/h1-5,8,10-11,13-14H,6-7,9,12,15H2,(H,24,26). The fourth-order valence-corrected chi connectivity index (χ4v) is 2.62. The van der Waals surface area contributed by atoms with Crippen molar-refractivity contribution in [2.45, 2.75) is 19.4 Å². The van der Waals surface area contributed by atoms with Crippen molar-refractivity contribution in [3.63, 3.8) is 0 Å². The van der Waals surface area contributed by atoms with Gasteiger partial charge < -0.3 is 14.6 Å². The van der Waals surface area contributed by atoms with Gasteiger partial charge in [-0.25, -0.2) is 4.98 Å². The Hall–Kier alpha value is -3.55. The summed E-state index contributed by atoms with van der Waals surface area (Å²) in [6.07, 6.45) is 8.47. The number of hydrogen-bond donors (Lipinski definition) is 1. The molecule has 0 aliphatic rings. The highest BCUT2D eigenvalue weighted by Crippen LogP contribution is 2.09. The predicted molar refractivity (Wildman–Crippen MR) is 101 cm³/mol. The third-order valence-corrected chi connectivity index (χ3v) is 4.03. The monoisotopic (exact) mass is 379 g/mol. The molecule has 144 valence electrons. The zero-order chi connectivity index (χ0) is 19.6. The van der Waals surface area contributed by atoms with Gasteiger partial charge in [-0.15, -0.1) is 0 Å². The molecular formula is C20H21N5O3. The van der Waals surface area contributed by atoms with Gasteiger partial charge in [-0.2, -0.15) is 0 Å². The van der Waals surface area contributed by atoms with E-state index in [-0.39, 0.29) is 37.0 Å². The topological polar surface area (TPSA) is 101 Å². The summed E-state index contributed by atoms with van der Waals surface area (Å²) in [6.45, 7) is 0.987. The van der Waals surface area contributed by atoms with Gasteiger partial charge in [-0.1, -0.05) is 6.07 Å². The van der Waals surface area contributed by atoms with Crippen LogP contribution in [0, 0.1) is 0 Å². The lowest BCUT2D eigenvalue weighted by atomic mass is 10.2. The largest absolute Gasteiger partial charge is 0.467 e. The summed E-state index contributed by atoms with van der Waals surface area (Å²) in [4.78, 5) is 38.6. The van der Waals surface area contributed by atoms with E-state index in [1.54, 1.807) is 24.6 Å². The Morgan fingerprint density at radius 3 is 2.71 bits per heavy atom. The lowest BCUT2D eigenvalue weighted by molar-refractivity contribution is -0.121. The third kappa shape index (κ3) is 5.73. The fourth-order valence-electron chi connectivity index (χ4n) is 2.62. The van der Waals surface area contributed by atoms with E-state index in [0.717, 1.165) is 5.69 Å². The number of nitrogens with zero attached hydrogens (tertiary/aromatic N) is 4. The first-order valence-corrected chi connectivity index (χ1v) is 8.96. The molecule has 3 aromatic heterocycles. The molecule has 3 heterocycles. The number of furan rings is 1. The minimum Gasteiger partial charge on any atom is -0.467 e. The van der Waals surface area contributed by atoms with E-state index in [4.69, 9.17) is 4.42 Å². The van der Waals surface area contributed by atoms with Crippen molar-refractivity contribution in [3.8, 4) is 0 Å². The van der Waals surface area contributed by atoms with E-state index in [9.17, 15) is 9.59 Å². The molecule has 8 nitrogen and oxygen atoms in total. The van der Waals surface area contributed by atoms with Gasteiger partial charge in [0.15, 0.2) is 0 Å². The highest BCUT2D eigenvalue weighted by Gasteiger charge is 2.19. The van der Waals surface area contributed by atoms with Gasteiger partial charge in [-0.05, 0) is 24.3 Å². The fraction of sp³-hybridized carbons (Fsp3) is 0.250. The molecule has 3 rings (SSSR count). The molecule has 28 heavy (non-hydrogen) atoms. The first kappa shape index (κ1) is 19.2. The summed E-state index contributed by atoms with van der Waals surface area (Å²) in [6, 6.07) is 9.21. The molecule has 2 amide bonds. The summed E-state index contributed by atoms with van der Waals surface area (Å²) in [7, 11) is 0. The van der Waals surface area contributed by atoms with Crippen LogP contribution in [0.1, 0.15) is 28.4 Å². The second kappa shape index (κ2) is 9.96. The molecule has 1 N–H and O–H groups in total. The third-order valence-electron chi connectivity index (χ3n) is 4.03. The Labute approximate surface area is 162 Å². The zero-order valence-corrected chi connectivity index (χ0v) is 15.3. The molecule has 8 heteroatoms. The van der Waals surface area contributed by atoms with Gasteiger partial charge in [0.1, 0.15) is 11.5 Å². The minimum atomic E-state index is -0.300. The number of amides is 2. The molecule has 3 aromatic rings. The molecule has 0 saturated carbocycles. The number of carbonyl (C=O) groups excluding carboxylic acids is 2. The number of pyridine rings is 1. The van der Waals surface area contributed by atoms with E-state index < -0.39 is 0 Å². The number of rotatable bonds is 9. The molecular weight excluding hydrogens is 358 g/mol. The van der Waals surface area contributed by atoms with Crippen LogP contribution >= 0.6 is 0 Å². The average molecular weight is 379 g/mol. The van der Waals surface area contributed by atoms with Crippen LogP contribution in [0.4, 0.5) is 0 Å². The van der Waals surface area contributed by atoms with Crippen LogP contribution < -0.4 is 5.32 Å². The maximum Gasteiger partial charge on any atom is 0.274 e. The molecule has 0 fully saturated rings. The lowest BCUT2D eigenvalue weighted by Gasteiger charge is -2.21. The first-order valence-electron chi connectivity index (χ1n) is 8.96. The van der Waals surface area contributed by atoms with Crippen LogP contribution in [0.5, 0.6) is 0 Å². The first-order chi connectivity index (χ1) is 13.7. The van der Waals surface area contributed by atoms with Crippen molar-refractivity contribution in [1.82, 2.24) is 25.2 Å². The number of nitrogens with one attached hydrogen (secondary N) is 1. The highest BCUT2D eigenvalue weighted by molar-refractivity contribution is 5.92. The summed E-state index contributed by atoms with van der Waals surface area (Å²) in [5, 5.41) is 2.86. The van der Waals surface area contributed by atoms with Crippen molar-refractivity contribution in [2.24, 2.45) is 0 Å². The van der Waals surface area contributed by atoms with Gasteiger partial charge in [0.25, 0.3) is 5.91 Å². The van der Waals surface area contributed by atoms with Crippen LogP contribution in [-0.2, 0) is 17.8 Å². The molecule has 0 aliphatic heterocycles. The van der Waals surface area contributed by atoms with Crippen molar-refractivity contribution in [3.05, 3.63) is 78.5 Å². The van der Waals surface area contributed by atoms with Crippen LogP contribution in [0.2, 0.25) is 0 Å².